The van der Waals surface area contributed by atoms with E-state index in [1.54, 1.807) is 25.3 Å². The number of aromatic nitrogens is 3. The summed E-state index contributed by atoms with van der Waals surface area (Å²) >= 11 is 7.50. The highest BCUT2D eigenvalue weighted by molar-refractivity contribution is 7.15. The molecule has 0 atom stereocenters. The molecule has 0 fully saturated rings. The van der Waals surface area contributed by atoms with E-state index in [0.29, 0.717) is 21.6 Å². The number of carbonyl (C=O) groups excluding carboxylic acids is 1. The number of methoxy groups -OCH3 is 1. The van der Waals surface area contributed by atoms with Crippen molar-refractivity contribution in [3.05, 3.63) is 57.8 Å². The summed E-state index contributed by atoms with van der Waals surface area (Å²) in [5, 5.41) is 21.7. The first-order chi connectivity index (χ1) is 13.9. The Morgan fingerprint density at radius 2 is 2.17 bits per heavy atom. The fourth-order valence-electron chi connectivity index (χ4n) is 2.53. The fourth-order valence-corrected chi connectivity index (χ4v) is 3.52. The Kier molecular flexibility index (Phi) is 6.32. The van der Waals surface area contributed by atoms with Gasteiger partial charge in [0, 0.05) is 23.5 Å². The van der Waals surface area contributed by atoms with Gasteiger partial charge in [-0.2, -0.15) is 5.26 Å². The van der Waals surface area contributed by atoms with Crippen LogP contribution < -0.4 is 10.1 Å². The maximum Gasteiger partial charge on any atom is 0.268 e. The molecule has 9 heteroatoms. The van der Waals surface area contributed by atoms with E-state index in [2.05, 4.69) is 15.5 Å². The first-order valence-corrected chi connectivity index (χ1v) is 9.90. The summed E-state index contributed by atoms with van der Waals surface area (Å²) in [5.41, 5.74) is 1.37. The number of nitriles is 1. The molecule has 0 aliphatic carbocycles. The summed E-state index contributed by atoms with van der Waals surface area (Å²) in [6.45, 7) is 3.98. The number of rotatable bonds is 6. The van der Waals surface area contributed by atoms with Crippen molar-refractivity contribution >= 4 is 40.1 Å². The second-order valence-corrected chi connectivity index (χ2v) is 7.76. The van der Waals surface area contributed by atoms with Crippen molar-refractivity contribution < 1.29 is 9.53 Å². The third-order valence-electron chi connectivity index (χ3n) is 4.01. The van der Waals surface area contributed by atoms with Gasteiger partial charge in [-0.1, -0.05) is 36.8 Å². The molecule has 2 heterocycles. The van der Waals surface area contributed by atoms with E-state index in [9.17, 15) is 10.1 Å². The molecule has 1 aromatic carbocycles. The summed E-state index contributed by atoms with van der Waals surface area (Å²) in [6, 6.07) is 10.9. The van der Waals surface area contributed by atoms with Gasteiger partial charge >= 0.3 is 0 Å². The standard InChI is InChI=1S/C20H18ClN5O2S/c1-12(2)19-24-25-20(29-19)23-18(27)13(11-22)9-14-5-4-8-26(14)15-6-7-17(28-3)16(21)10-15/h4-10,12H,1-3H3,(H,23,25,27)/b13-9-. The van der Waals surface area contributed by atoms with Crippen molar-refractivity contribution in [1.29, 1.82) is 5.26 Å². The van der Waals surface area contributed by atoms with Crippen LogP contribution in [0.2, 0.25) is 5.02 Å². The third-order valence-corrected chi connectivity index (χ3v) is 5.44. The second kappa shape index (κ2) is 8.90. The number of hydrogen-bond donors (Lipinski definition) is 1. The van der Waals surface area contributed by atoms with Crippen molar-refractivity contribution in [3.8, 4) is 17.5 Å². The van der Waals surface area contributed by atoms with Gasteiger partial charge in [0.2, 0.25) is 5.13 Å². The molecule has 1 amide bonds. The Morgan fingerprint density at radius 1 is 1.38 bits per heavy atom. The van der Waals surface area contributed by atoms with Gasteiger partial charge in [0.15, 0.2) is 0 Å². The van der Waals surface area contributed by atoms with E-state index in [4.69, 9.17) is 16.3 Å². The van der Waals surface area contributed by atoms with E-state index in [-0.39, 0.29) is 11.5 Å². The lowest BCUT2D eigenvalue weighted by molar-refractivity contribution is -0.112. The van der Waals surface area contributed by atoms with Crippen LogP contribution in [0.1, 0.15) is 30.5 Å². The molecule has 29 heavy (non-hydrogen) atoms. The van der Waals surface area contributed by atoms with Gasteiger partial charge < -0.3 is 9.30 Å². The van der Waals surface area contributed by atoms with Crippen LogP contribution in [0.15, 0.2) is 42.1 Å². The fraction of sp³-hybridized carbons (Fsp3) is 0.200. The lowest BCUT2D eigenvalue weighted by Gasteiger charge is -2.10. The zero-order valence-corrected chi connectivity index (χ0v) is 17.6. The predicted octanol–water partition coefficient (Wildman–Crippen LogP) is 4.66. The maximum atomic E-state index is 12.5. The number of ether oxygens (including phenoxy) is 1. The van der Waals surface area contributed by atoms with Gasteiger partial charge in [-0.25, -0.2) is 0 Å². The first-order valence-electron chi connectivity index (χ1n) is 8.70. The van der Waals surface area contributed by atoms with Crippen molar-refractivity contribution in [3.63, 3.8) is 0 Å². The zero-order chi connectivity index (χ0) is 21.0. The summed E-state index contributed by atoms with van der Waals surface area (Å²) in [7, 11) is 1.55. The summed E-state index contributed by atoms with van der Waals surface area (Å²) in [5.74, 6) is 0.234. The Morgan fingerprint density at radius 3 is 2.79 bits per heavy atom. The van der Waals surface area contributed by atoms with Crippen LogP contribution in [0.5, 0.6) is 5.75 Å². The van der Waals surface area contributed by atoms with Gasteiger partial charge in [0.05, 0.1) is 12.1 Å². The molecule has 0 unspecified atom stereocenters. The molecule has 3 rings (SSSR count). The average Bonchev–Trinajstić information content (AvgIpc) is 3.35. The molecule has 148 valence electrons. The Balaban J connectivity index is 1.86. The minimum absolute atomic E-state index is 0.0501. The van der Waals surface area contributed by atoms with Crippen molar-refractivity contribution in [1.82, 2.24) is 14.8 Å². The van der Waals surface area contributed by atoms with Crippen molar-refractivity contribution in [2.24, 2.45) is 0 Å². The Labute approximate surface area is 177 Å². The van der Waals surface area contributed by atoms with Crippen LogP contribution in [0.3, 0.4) is 0 Å². The number of carbonyl (C=O) groups is 1. The van der Waals surface area contributed by atoms with Gasteiger partial charge in [-0.15, -0.1) is 10.2 Å². The van der Waals surface area contributed by atoms with Crippen molar-refractivity contribution in [2.45, 2.75) is 19.8 Å². The van der Waals surface area contributed by atoms with Gasteiger partial charge in [-0.3, -0.25) is 10.1 Å². The largest absolute Gasteiger partial charge is 0.495 e. The van der Waals surface area contributed by atoms with Gasteiger partial charge in [0.1, 0.15) is 22.4 Å². The molecule has 2 aromatic heterocycles. The van der Waals surface area contributed by atoms with Crippen LogP contribution in [0.4, 0.5) is 5.13 Å². The number of amides is 1. The number of nitrogens with one attached hydrogen (secondary N) is 1. The SMILES string of the molecule is COc1ccc(-n2cccc2/C=C(/C#N)C(=O)Nc2nnc(C(C)C)s2)cc1Cl. The minimum atomic E-state index is -0.542. The molecule has 1 N–H and O–H groups in total. The predicted molar refractivity (Wildman–Crippen MR) is 114 cm³/mol. The quantitative estimate of drug-likeness (QED) is 0.456. The van der Waals surface area contributed by atoms with E-state index >= 15 is 0 Å². The molecule has 3 aromatic rings. The van der Waals surface area contributed by atoms with E-state index in [0.717, 1.165) is 10.7 Å². The molecule has 7 nitrogen and oxygen atoms in total. The first kappa shape index (κ1) is 20.6. The topological polar surface area (TPSA) is 92.8 Å². The normalized spacial score (nSPS) is 11.4. The Bertz CT molecular complexity index is 1110. The molecule has 0 spiro atoms. The molecular weight excluding hydrogens is 410 g/mol. The Hall–Kier alpha value is -3.15. The second-order valence-electron chi connectivity index (χ2n) is 6.35. The molecule has 0 aliphatic heterocycles. The summed E-state index contributed by atoms with van der Waals surface area (Å²) < 4.78 is 6.99. The molecule has 0 saturated carbocycles. The summed E-state index contributed by atoms with van der Waals surface area (Å²) in [4.78, 5) is 12.5. The third kappa shape index (κ3) is 4.65. The minimum Gasteiger partial charge on any atom is -0.495 e. The highest BCUT2D eigenvalue weighted by atomic mass is 35.5. The molecule has 0 aliphatic rings. The van der Waals surface area contributed by atoms with Crippen LogP contribution in [0, 0.1) is 11.3 Å². The highest BCUT2D eigenvalue weighted by Gasteiger charge is 2.15. The molecule has 0 bridgehead atoms. The highest BCUT2D eigenvalue weighted by Crippen LogP contribution is 2.28. The molecule has 0 saturated heterocycles. The zero-order valence-electron chi connectivity index (χ0n) is 16.0. The maximum absolute atomic E-state index is 12.5. The van der Waals surface area contributed by atoms with Crippen LogP contribution in [-0.2, 0) is 4.79 Å². The monoisotopic (exact) mass is 427 g/mol. The summed E-state index contributed by atoms with van der Waals surface area (Å²) in [6.07, 6.45) is 3.33. The smallest absolute Gasteiger partial charge is 0.268 e. The van der Waals surface area contributed by atoms with Gasteiger partial charge in [-0.05, 0) is 36.4 Å². The van der Waals surface area contributed by atoms with Crippen molar-refractivity contribution in [2.75, 3.05) is 12.4 Å². The van der Waals surface area contributed by atoms with E-state index in [1.165, 1.54) is 17.4 Å². The van der Waals surface area contributed by atoms with Crippen LogP contribution >= 0.6 is 22.9 Å². The lowest BCUT2D eigenvalue weighted by Crippen LogP contribution is -2.13. The average molecular weight is 428 g/mol. The molecular formula is C20H18ClN5O2S. The number of anilines is 1. The number of halogens is 1. The lowest BCUT2D eigenvalue weighted by atomic mass is 10.2. The molecule has 0 radical (unpaired) electrons. The number of benzene rings is 1. The van der Waals surface area contributed by atoms with Gasteiger partial charge in [0.25, 0.3) is 5.91 Å². The van der Waals surface area contributed by atoms with Crippen LogP contribution in [0.25, 0.3) is 11.8 Å². The number of nitrogens with zero attached hydrogens (tertiary/aromatic N) is 4. The van der Waals surface area contributed by atoms with Crippen LogP contribution in [-0.4, -0.2) is 27.8 Å². The number of hydrogen-bond acceptors (Lipinski definition) is 6. The van der Waals surface area contributed by atoms with E-state index < -0.39 is 5.91 Å². The van der Waals surface area contributed by atoms with E-state index in [1.807, 2.05) is 42.8 Å².